The van der Waals surface area contributed by atoms with Crippen molar-refractivity contribution in [3.63, 3.8) is 0 Å². The van der Waals surface area contributed by atoms with E-state index >= 15 is 0 Å². The molecular formula is C25H32F2IN3O2. The van der Waals surface area contributed by atoms with E-state index in [4.69, 9.17) is 9.47 Å². The van der Waals surface area contributed by atoms with E-state index in [-0.39, 0.29) is 53.2 Å². The molecule has 2 atom stereocenters. The Balaban J connectivity index is 0.00000306. The number of guanidine groups is 1. The van der Waals surface area contributed by atoms with Crippen LogP contribution in [0.5, 0.6) is 0 Å². The molecule has 2 heterocycles. The van der Waals surface area contributed by atoms with E-state index in [1.54, 1.807) is 31.3 Å². The van der Waals surface area contributed by atoms with Gasteiger partial charge in [-0.25, -0.2) is 8.78 Å². The summed E-state index contributed by atoms with van der Waals surface area (Å²) in [5.74, 6) is 0.308. The van der Waals surface area contributed by atoms with Gasteiger partial charge in [0.2, 0.25) is 0 Å². The van der Waals surface area contributed by atoms with Crippen LogP contribution in [0.15, 0.2) is 53.5 Å². The van der Waals surface area contributed by atoms with Crippen molar-refractivity contribution < 1.29 is 18.3 Å². The van der Waals surface area contributed by atoms with E-state index in [2.05, 4.69) is 15.2 Å². The number of halogens is 3. The van der Waals surface area contributed by atoms with Crippen LogP contribution in [0.4, 0.5) is 8.78 Å². The lowest BCUT2D eigenvalue weighted by Crippen LogP contribution is -2.53. The molecule has 4 rings (SSSR count). The second-order valence-corrected chi connectivity index (χ2v) is 8.70. The fourth-order valence-corrected chi connectivity index (χ4v) is 4.71. The number of hydrogen-bond acceptors (Lipinski definition) is 3. The van der Waals surface area contributed by atoms with Gasteiger partial charge in [-0.15, -0.1) is 24.0 Å². The zero-order valence-corrected chi connectivity index (χ0v) is 21.4. The van der Waals surface area contributed by atoms with Crippen LogP contribution in [0, 0.1) is 11.6 Å². The van der Waals surface area contributed by atoms with Crippen molar-refractivity contribution in [2.75, 3.05) is 39.9 Å². The van der Waals surface area contributed by atoms with Gasteiger partial charge in [0, 0.05) is 38.8 Å². The van der Waals surface area contributed by atoms with Crippen molar-refractivity contribution in [3.05, 3.63) is 71.3 Å². The molecule has 2 unspecified atom stereocenters. The van der Waals surface area contributed by atoms with E-state index < -0.39 is 0 Å². The highest BCUT2D eigenvalue weighted by Crippen LogP contribution is 2.35. The van der Waals surface area contributed by atoms with Crippen molar-refractivity contribution in [2.24, 2.45) is 4.99 Å². The van der Waals surface area contributed by atoms with Gasteiger partial charge in [0.15, 0.2) is 5.96 Å². The van der Waals surface area contributed by atoms with Gasteiger partial charge in [-0.1, -0.05) is 24.3 Å². The molecule has 0 aliphatic carbocycles. The molecule has 2 saturated heterocycles. The minimum atomic E-state index is -0.258. The molecule has 0 spiro atoms. The molecule has 8 heteroatoms. The Labute approximate surface area is 211 Å². The monoisotopic (exact) mass is 571 g/mol. The van der Waals surface area contributed by atoms with Gasteiger partial charge >= 0.3 is 0 Å². The Morgan fingerprint density at radius 1 is 1.09 bits per heavy atom. The zero-order valence-electron chi connectivity index (χ0n) is 19.1. The Bertz CT molecular complexity index is 936. The third kappa shape index (κ3) is 6.22. The number of morpholine rings is 1. The van der Waals surface area contributed by atoms with Gasteiger partial charge in [0.05, 0.1) is 12.6 Å². The second-order valence-electron chi connectivity index (χ2n) is 8.70. The van der Waals surface area contributed by atoms with Gasteiger partial charge in [-0.05, 0) is 55.2 Å². The maximum absolute atomic E-state index is 14.0. The van der Waals surface area contributed by atoms with E-state index in [9.17, 15) is 8.78 Å². The standard InChI is InChI=1S/C25H31F2N3O2.HI/c1-18-15-30(16-23(32-18)19-6-8-21(26)9-7-19)24(28-2)29-17-25(10-12-31-13-11-25)20-4-3-5-22(27)14-20;/h3-9,14,18,23H,10-13,15-17H2,1-2H3,(H,28,29);1H. The first-order valence-corrected chi connectivity index (χ1v) is 11.2. The average Bonchev–Trinajstić information content (AvgIpc) is 2.80. The summed E-state index contributed by atoms with van der Waals surface area (Å²) in [4.78, 5) is 6.71. The largest absolute Gasteiger partial charge is 0.381 e. The van der Waals surface area contributed by atoms with Crippen LogP contribution in [-0.4, -0.2) is 56.9 Å². The molecule has 5 nitrogen and oxygen atoms in total. The number of nitrogens with zero attached hydrogens (tertiary/aromatic N) is 2. The number of nitrogens with one attached hydrogen (secondary N) is 1. The van der Waals surface area contributed by atoms with E-state index in [1.165, 1.54) is 18.2 Å². The Hall–Kier alpha value is -1.78. The fourth-order valence-electron chi connectivity index (χ4n) is 4.71. The van der Waals surface area contributed by atoms with Gasteiger partial charge in [0.25, 0.3) is 0 Å². The third-order valence-electron chi connectivity index (χ3n) is 6.49. The summed E-state index contributed by atoms with van der Waals surface area (Å²) in [6.07, 6.45) is 1.46. The summed E-state index contributed by atoms with van der Waals surface area (Å²) < 4.78 is 39.1. The van der Waals surface area contributed by atoms with Crippen LogP contribution < -0.4 is 5.32 Å². The maximum Gasteiger partial charge on any atom is 0.193 e. The van der Waals surface area contributed by atoms with E-state index in [0.717, 1.165) is 29.9 Å². The molecule has 1 N–H and O–H groups in total. The summed E-state index contributed by atoms with van der Waals surface area (Å²) in [6.45, 7) is 5.29. The topological polar surface area (TPSA) is 46.1 Å². The summed E-state index contributed by atoms with van der Waals surface area (Å²) in [6, 6.07) is 13.4. The number of ether oxygens (including phenoxy) is 2. The summed E-state index contributed by atoms with van der Waals surface area (Å²) in [5.41, 5.74) is 1.72. The first-order chi connectivity index (χ1) is 15.5. The van der Waals surface area contributed by atoms with Crippen molar-refractivity contribution in [2.45, 2.75) is 37.4 Å². The Kier molecular flexibility index (Phi) is 9.06. The van der Waals surface area contributed by atoms with E-state index in [0.29, 0.717) is 32.8 Å². The van der Waals surface area contributed by atoms with E-state index in [1.807, 2.05) is 13.0 Å². The Morgan fingerprint density at radius 3 is 2.48 bits per heavy atom. The third-order valence-corrected chi connectivity index (χ3v) is 6.49. The van der Waals surface area contributed by atoms with Gasteiger partial charge < -0.3 is 19.7 Å². The minimum Gasteiger partial charge on any atom is -0.381 e. The summed E-state index contributed by atoms with van der Waals surface area (Å²) >= 11 is 0. The molecule has 2 aromatic rings. The molecule has 2 aliphatic heterocycles. The number of benzene rings is 2. The first-order valence-electron chi connectivity index (χ1n) is 11.2. The van der Waals surface area contributed by atoms with Crippen LogP contribution in [0.1, 0.15) is 37.0 Å². The zero-order chi connectivity index (χ0) is 22.6. The summed E-state index contributed by atoms with van der Waals surface area (Å²) in [5, 5.41) is 3.55. The van der Waals surface area contributed by atoms with Gasteiger partial charge in [-0.2, -0.15) is 0 Å². The lowest BCUT2D eigenvalue weighted by molar-refractivity contribution is -0.0606. The molecule has 0 bridgehead atoms. The lowest BCUT2D eigenvalue weighted by atomic mass is 9.74. The lowest BCUT2D eigenvalue weighted by Gasteiger charge is -2.41. The highest BCUT2D eigenvalue weighted by molar-refractivity contribution is 14.0. The molecule has 2 aromatic carbocycles. The van der Waals surface area contributed by atoms with Crippen LogP contribution >= 0.6 is 24.0 Å². The highest BCUT2D eigenvalue weighted by atomic mass is 127. The van der Waals surface area contributed by atoms with Crippen molar-refractivity contribution >= 4 is 29.9 Å². The molecule has 180 valence electrons. The predicted molar refractivity (Wildman–Crippen MR) is 136 cm³/mol. The van der Waals surface area contributed by atoms with Crippen molar-refractivity contribution in [1.29, 1.82) is 0 Å². The number of rotatable bonds is 4. The second kappa shape index (κ2) is 11.6. The normalized spacial score (nSPS) is 23.0. The van der Waals surface area contributed by atoms with Crippen molar-refractivity contribution in [1.82, 2.24) is 10.2 Å². The smallest absolute Gasteiger partial charge is 0.193 e. The highest BCUT2D eigenvalue weighted by Gasteiger charge is 2.36. The molecule has 2 aliphatic rings. The molecule has 0 saturated carbocycles. The molecular weight excluding hydrogens is 539 g/mol. The molecule has 0 amide bonds. The van der Waals surface area contributed by atoms with Crippen LogP contribution in [-0.2, 0) is 14.9 Å². The minimum absolute atomic E-state index is 0. The molecule has 33 heavy (non-hydrogen) atoms. The molecule has 2 fully saturated rings. The quantitative estimate of drug-likeness (QED) is 0.330. The van der Waals surface area contributed by atoms with Crippen LogP contribution in [0.2, 0.25) is 0 Å². The maximum atomic E-state index is 14.0. The van der Waals surface area contributed by atoms with Crippen LogP contribution in [0.25, 0.3) is 0 Å². The van der Waals surface area contributed by atoms with Gasteiger partial charge in [0.1, 0.15) is 17.7 Å². The van der Waals surface area contributed by atoms with Crippen molar-refractivity contribution in [3.8, 4) is 0 Å². The SMILES string of the molecule is CN=C(NCC1(c2cccc(F)c2)CCOCC1)N1CC(C)OC(c2ccc(F)cc2)C1.I. The number of aliphatic imine (C=N–C) groups is 1. The summed E-state index contributed by atoms with van der Waals surface area (Å²) in [7, 11) is 1.77. The number of hydrogen-bond donors (Lipinski definition) is 1. The van der Waals surface area contributed by atoms with Gasteiger partial charge in [-0.3, -0.25) is 4.99 Å². The average molecular weight is 571 g/mol. The Morgan fingerprint density at radius 2 is 1.82 bits per heavy atom. The fraction of sp³-hybridized carbons (Fsp3) is 0.480. The molecule has 0 aromatic heterocycles. The first kappa shape index (κ1) is 25.8. The van der Waals surface area contributed by atoms with Crippen LogP contribution in [0.3, 0.4) is 0 Å². The molecule has 0 radical (unpaired) electrons. The predicted octanol–water partition coefficient (Wildman–Crippen LogP) is 4.67.